The minimum absolute atomic E-state index is 0.0655. The second-order valence-electron chi connectivity index (χ2n) is 8.91. The zero-order chi connectivity index (χ0) is 19.8. The number of ether oxygens (including phenoxy) is 4. The first-order valence-corrected chi connectivity index (χ1v) is 12.3. The second kappa shape index (κ2) is 7.62. The fourth-order valence-electron chi connectivity index (χ4n) is 2.71. The van der Waals surface area contributed by atoms with Crippen LogP contribution in [0.4, 0.5) is 0 Å². The van der Waals surface area contributed by atoms with Crippen molar-refractivity contribution in [2.75, 3.05) is 13.2 Å². The maximum Gasteiger partial charge on any atom is 0.335 e. The molecule has 0 aromatic heterocycles. The van der Waals surface area contributed by atoms with Crippen molar-refractivity contribution in [1.82, 2.24) is 0 Å². The summed E-state index contributed by atoms with van der Waals surface area (Å²) in [5.74, 6) is -0.224. The van der Waals surface area contributed by atoms with Gasteiger partial charge in [-0.05, 0) is 45.0 Å². The molecule has 0 radical (unpaired) electrons. The molecule has 3 atom stereocenters. The smallest absolute Gasteiger partial charge is 0.335 e. The molecule has 0 aromatic carbocycles. The van der Waals surface area contributed by atoms with Crippen LogP contribution in [0.5, 0.6) is 0 Å². The zero-order valence-corrected chi connectivity index (χ0v) is 18.4. The molecule has 2 heterocycles. The molecule has 26 heavy (non-hydrogen) atoms. The summed E-state index contributed by atoms with van der Waals surface area (Å²) in [6, 6.07) is 0. The van der Waals surface area contributed by atoms with Crippen molar-refractivity contribution >= 4 is 14.3 Å². The van der Waals surface area contributed by atoms with Gasteiger partial charge in [0, 0.05) is 6.42 Å². The van der Waals surface area contributed by atoms with Crippen molar-refractivity contribution in [3.8, 4) is 0 Å². The molecule has 1 saturated heterocycles. The number of hydrogen-bond acceptors (Lipinski definition) is 6. The quantitative estimate of drug-likeness (QED) is 0.529. The van der Waals surface area contributed by atoms with Crippen LogP contribution in [0.1, 0.15) is 48.0 Å². The molecule has 0 aliphatic carbocycles. The highest BCUT2D eigenvalue weighted by Gasteiger charge is 2.44. The normalized spacial score (nSPS) is 29.2. The molecule has 0 amide bonds. The summed E-state index contributed by atoms with van der Waals surface area (Å²) in [7, 11) is -2.02. The van der Waals surface area contributed by atoms with Crippen LogP contribution in [-0.4, -0.2) is 51.6 Å². The highest BCUT2D eigenvalue weighted by Crippen LogP contribution is 2.40. The van der Waals surface area contributed by atoms with Crippen LogP contribution in [0.15, 0.2) is 11.8 Å². The van der Waals surface area contributed by atoms with Gasteiger partial charge in [0.15, 0.2) is 11.9 Å². The summed E-state index contributed by atoms with van der Waals surface area (Å²) in [4.78, 5) is 12.3. The lowest BCUT2D eigenvalue weighted by Gasteiger charge is -2.40. The van der Waals surface area contributed by atoms with Gasteiger partial charge in [-0.1, -0.05) is 20.8 Å². The van der Waals surface area contributed by atoms with Gasteiger partial charge in [-0.3, -0.25) is 0 Å². The molecular weight excluding hydrogens is 352 g/mol. The molecule has 0 unspecified atom stereocenters. The molecule has 0 aromatic rings. The van der Waals surface area contributed by atoms with Gasteiger partial charge >= 0.3 is 5.97 Å². The number of carbonyl (C=O) groups excluding carboxylic acids is 1. The van der Waals surface area contributed by atoms with Gasteiger partial charge in [0.1, 0.15) is 12.2 Å². The molecule has 6 nitrogen and oxygen atoms in total. The molecule has 7 heteroatoms. The van der Waals surface area contributed by atoms with E-state index < -0.39 is 26.3 Å². The van der Waals surface area contributed by atoms with E-state index in [-0.39, 0.29) is 17.1 Å². The lowest BCUT2D eigenvalue weighted by Crippen LogP contribution is -2.45. The highest BCUT2D eigenvalue weighted by atomic mass is 28.4. The Morgan fingerprint density at radius 3 is 2.50 bits per heavy atom. The van der Waals surface area contributed by atoms with Crippen LogP contribution in [0.25, 0.3) is 0 Å². The molecule has 2 aliphatic heterocycles. The number of esters is 1. The van der Waals surface area contributed by atoms with Gasteiger partial charge < -0.3 is 23.4 Å². The largest absolute Gasteiger partial charge is 0.547 e. The fraction of sp³-hybridized carbons (Fsp3) is 0.842. The van der Waals surface area contributed by atoms with Crippen molar-refractivity contribution in [2.24, 2.45) is 0 Å². The average Bonchev–Trinajstić information content (AvgIpc) is 2.86. The van der Waals surface area contributed by atoms with E-state index in [4.69, 9.17) is 23.4 Å². The van der Waals surface area contributed by atoms with Crippen LogP contribution >= 0.6 is 0 Å². The molecule has 0 saturated carbocycles. The van der Waals surface area contributed by atoms with E-state index in [0.29, 0.717) is 19.6 Å². The van der Waals surface area contributed by atoms with Crippen LogP contribution in [0.2, 0.25) is 18.1 Å². The third-order valence-electron chi connectivity index (χ3n) is 5.20. The minimum atomic E-state index is -2.02. The molecule has 1 fully saturated rings. The Labute approximate surface area is 158 Å². The molecular formula is C19H34O6Si. The summed E-state index contributed by atoms with van der Waals surface area (Å²) >= 11 is 0. The third kappa shape index (κ3) is 5.09. The maximum absolute atomic E-state index is 12.3. The van der Waals surface area contributed by atoms with Crippen LogP contribution < -0.4 is 0 Å². The van der Waals surface area contributed by atoms with E-state index >= 15 is 0 Å². The molecule has 0 spiro atoms. The minimum Gasteiger partial charge on any atom is -0.547 e. The summed E-state index contributed by atoms with van der Waals surface area (Å²) < 4.78 is 29.2. The molecule has 150 valence electrons. The van der Waals surface area contributed by atoms with Gasteiger partial charge in [0.25, 0.3) is 0 Å². The maximum atomic E-state index is 12.3. The second-order valence-corrected chi connectivity index (χ2v) is 13.6. The predicted molar refractivity (Wildman–Crippen MR) is 101 cm³/mol. The summed E-state index contributed by atoms with van der Waals surface area (Å²) in [5.41, 5.74) is 0. The van der Waals surface area contributed by atoms with E-state index in [1.165, 1.54) is 0 Å². The van der Waals surface area contributed by atoms with E-state index in [1.807, 2.05) is 19.9 Å². The molecule has 2 aliphatic rings. The summed E-state index contributed by atoms with van der Waals surface area (Å²) in [6.45, 7) is 17.2. The van der Waals surface area contributed by atoms with E-state index in [9.17, 15) is 4.79 Å². The Bertz CT molecular complexity index is 549. The van der Waals surface area contributed by atoms with Crippen molar-refractivity contribution < 1.29 is 28.2 Å². The SMILES string of the molecule is CCOC(=O)[C@@H]1CC(O[Si](C)(C)C(C)(C)C)=C[C@@H]([C@H]2COC(C)(C)O2)O1. The fourth-order valence-corrected chi connectivity index (χ4v) is 3.83. The zero-order valence-electron chi connectivity index (χ0n) is 17.4. The predicted octanol–water partition coefficient (Wildman–Crippen LogP) is 3.76. The number of carbonyl (C=O) groups is 1. The van der Waals surface area contributed by atoms with Gasteiger partial charge in [-0.25, -0.2) is 4.79 Å². The third-order valence-corrected chi connectivity index (χ3v) is 9.58. The van der Waals surface area contributed by atoms with Crippen LogP contribution in [-0.2, 0) is 28.2 Å². The van der Waals surface area contributed by atoms with Gasteiger partial charge in [-0.2, -0.15) is 0 Å². The number of rotatable bonds is 5. The lowest BCUT2D eigenvalue weighted by atomic mass is 10.1. The monoisotopic (exact) mass is 386 g/mol. The van der Waals surface area contributed by atoms with Crippen molar-refractivity contribution in [1.29, 1.82) is 0 Å². The molecule has 2 rings (SSSR count). The van der Waals surface area contributed by atoms with Crippen LogP contribution in [0.3, 0.4) is 0 Å². The first-order chi connectivity index (χ1) is 11.8. The topological polar surface area (TPSA) is 63.2 Å². The summed E-state index contributed by atoms with van der Waals surface area (Å²) in [5, 5.41) is 0.0655. The first kappa shape index (κ1) is 21.4. The van der Waals surface area contributed by atoms with E-state index in [1.54, 1.807) is 6.92 Å². The standard InChI is InChI=1S/C19H34O6Si/c1-9-21-17(20)15-11-13(25-26(7,8)18(2,3)4)10-14(23-15)16-12-22-19(5,6)24-16/h10,14-16H,9,11-12H2,1-8H3/t14-,15-,16+/m0/s1. The average molecular weight is 387 g/mol. The van der Waals surface area contributed by atoms with E-state index in [2.05, 4.69) is 33.9 Å². The lowest BCUT2D eigenvalue weighted by molar-refractivity contribution is -0.174. The Hall–Kier alpha value is -0.893. The Morgan fingerprint density at radius 1 is 1.35 bits per heavy atom. The van der Waals surface area contributed by atoms with Gasteiger partial charge in [0.2, 0.25) is 8.32 Å². The first-order valence-electron chi connectivity index (χ1n) is 9.38. The van der Waals surface area contributed by atoms with Crippen LogP contribution in [0, 0.1) is 0 Å². The Morgan fingerprint density at radius 2 is 2.00 bits per heavy atom. The van der Waals surface area contributed by atoms with Gasteiger partial charge in [-0.15, -0.1) is 0 Å². The number of hydrogen-bond donors (Lipinski definition) is 0. The molecule has 0 N–H and O–H groups in total. The van der Waals surface area contributed by atoms with Gasteiger partial charge in [0.05, 0.1) is 19.0 Å². The molecule has 0 bridgehead atoms. The summed E-state index contributed by atoms with van der Waals surface area (Å²) in [6.07, 6.45) is 0.974. The van der Waals surface area contributed by atoms with Crippen molar-refractivity contribution in [3.05, 3.63) is 11.8 Å². The van der Waals surface area contributed by atoms with Crippen molar-refractivity contribution in [3.63, 3.8) is 0 Å². The Kier molecular flexibility index (Phi) is 6.27. The van der Waals surface area contributed by atoms with E-state index in [0.717, 1.165) is 5.76 Å². The highest BCUT2D eigenvalue weighted by molar-refractivity contribution is 6.74. The Balaban J connectivity index is 2.22. The van der Waals surface area contributed by atoms with Crippen molar-refractivity contribution in [2.45, 2.75) is 90.2 Å².